The van der Waals surface area contributed by atoms with Crippen LogP contribution in [0.1, 0.15) is 19.4 Å². The van der Waals surface area contributed by atoms with E-state index >= 15 is 0 Å². The first-order chi connectivity index (χ1) is 6.32. The first-order valence-corrected chi connectivity index (χ1v) is 7.21. The Morgan fingerprint density at radius 2 is 1.77 bits per heavy atom. The minimum atomic E-state index is -0.879. The summed E-state index contributed by atoms with van der Waals surface area (Å²) in [6.07, 6.45) is 4.95. The summed E-state index contributed by atoms with van der Waals surface area (Å²) >= 11 is 0. The highest BCUT2D eigenvalue weighted by Crippen LogP contribution is 2.62. The Morgan fingerprint density at radius 3 is 2.46 bits per heavy atom. The van der Waals surface area contributed by atoms with Gasteiger partial charge in [-0.2, -0.15) is 0 Å². The van der Waals surface area contributed by atoms with Crippen LogP contribution < -0.4 is 5.30 Å². The monoisotopic (exact) mass is 191 g/mol. The number of rotatable bonds is 2. The van der Waals surface area contributed by atoms with Crippen molar-refractivity contribution in [2.45, 2.75) is 13.8 Å². The van der Waals surface area contributed by atoms with Gasteiger partial charge in [0, 0.05) is 0 Å². The third-order valence-electron chi connectivity index (χ3n) is 3.08. The molecule has 0 amide bonds. The summed E-state index contributed by atoms with van der Waals surface area (Å²) in [5, 5.41) is 1.63. The maximum atomic E-state index is 2.48. The van der Waals surface area contributed by atoms with Crippen molar-refractivity contribution in [3.05, 3.63) is 35.6 Å². The second kappa shape index (κ2) is 3.27. The summed E-state index contributed by atoms with van der Waals surface area (Å²) in [4.78, 5) is 0. The fraction of sp³-hybridized carbons (Fsp3) is 0.333. The molecule has 0 N–H and O–H groups in total. The van der Waals surface area contributed by atoms with E-state index in [1.165, 1.54) is 17.9 Å². The molecule has 1 heterocycles. The Hall–Kier alpha value is -0.610. The zero-order chi connectivity index (χ0) is 9.31. The molecule has 0 spiro atoms. The third-order valence-corrected chi connectivity index (χ3v) is 7.43. The quantitative estimate of drug-likeness (QED) is 0.629. The predicted octanol–water partition coefficient (Wildman–Crippen LogP) is 3.35. The van der Waals surface area contributed by atoms with E-state index in [0.717, 1.165) is 0 Å². The van der Waals surface area contributed by atoms with Crippen molar-refractivity contribution in [2.24, 2.45) is 0 Å². The molecule has 0 aromatic heterocycles. The molecule has 1 aromatic rings. The lowest BCUT2D eigenvalue weighted by atomic mass is 10.2. The summed E-state index contributed by atoms with van der Waals surface area (Å²) in [5.41, 5.74) is 1.46. The van der Waals surface area contributed by atoms with Gasteiger partial charge in [0.25, 0.3) is 0 Å². The van der Waals surface area contributed by atoms with Gasteiger partial charge in [-0.25, -0.2) is 0 Å². The molecule has 13 heavy (non-hydrogen) atoms. The highest BCUT2D eigenvalue weighted by molar-refractivity contribution is 7.86. The molecule has 0 atom stereocenters. The molecule has 1 radical (unpaired) electrons. The van der Waals surface area contributed by atoms with E-state index in [9.17, 15) is 0 Å². The van der Waals surface area contributed by atoms with E-state index in [2.05, 4.69) is 50.0 Å². The molecule has 69 valence electrons. The van der Waals surface area contributed by atoms with Crippen molar-refractivity contribution < 1.29 is 0 Å². The lowest BCUT2D eigenvalue weighted by Gasteiger charge is -2.28. The van der Waals surface area contributed by atoms with Crippen LogP contribution in [0.2, 0.25) is 0 Å². The molecule has 2 rings (SSSR count). The van der Waals surface area contributed by atoms with Crippen LogP contribution in [0.4, 0.5) is 0 Å². The van der Waals surface area contributed by atoms with Crippen LogP contribution in [-0.2, 0) is 0 Å². The van der Waals surface area contributed by atoms with Crippen molar-refractivity contribution in [1.82, 2.24) is 0 Å². The molecule has 0 saturated heterocycles. The molecule has 0 unspecified atom stereocenters. The van der Waals surface area contributed by atoms with Crippen molar-refractivity contribution in [3.8, 4) is 0 Å². The molecule has 1 heteroatoms. The van der Waals surface area contributed by atoms with Gasteiger partial charge in [-0.1, -0.05) is 57.3 Å². The lowest BCUT2D eigenvalue weighted by Crippen LogP contribution is -2.12. The summed E-state index contributed by atoms with van der Waals surface area (Å²) in [6, 6.07) is 8.86. The number of fused-ring (bicyclic) bond motifs is 1. The van der Waals surface area contributed by atoms with E-state index < -0.39 is 7.26 Å². The molecule has 0 fully saturated rings. The SMILES string of the molecule is CC[P]1(CC)C=Cc2ccccc21. The Labute approximate surface area is 81.0 Å². The fourth-order valence-electron chi connectivity index (χ4n) is 2.11. The molecule has 0 nitrogen and oxygen atoms in total. The number of hydrogen-bond donors (Lipinski definition) is 0. The van der Waals surface area contributed by atoms with Gasteiger partial charge in [-0.15, -0.1) is 0 Å². The van der Waals surface area contributed by atoms with Gasteiger partial charge in [0.05, 0.1) is 0 Å². The van der Waals surface area contributed by atoms with E-state index in [1.54, 1.807) is 5.30 Å². The van der Waals surface area contributed by atoms with Crippen LogP contribution >= 0.6 is 7.26 Å². The van der Waals surface area contributed by atoms with E-state index in [-0.39, 0.29) is 0 Å². The molecule has 0 bridgehead atoms. The minimum absolute atomic E-state index is 0.879. The van der Waals surface area contributed by atoms with Gasteiger partial charge in [-0.05, 0) is 23.2 Å². The first-order valence-electron chi connectivity index (χ1n) is 4.98. The van der Waals surface area contributed by atoms with Crippen LogP contribution in [0.5, 0.6) is 0 Å². The Balaban J connectivity index is 2.53. The second-order valence-electron chi connectivity index (χ2n) is 3.54. The van der Waals surface area contributed by atoms with Crippen molar-refractivity contribution >= 4 is 18.6 Å². The zero-order valence-corrected chi connectivity index (χ0v) is 9.22. The Kier molecular flexibility index (Phi) is 2.26. The topological polar surface area (TPSA) is 0 Å². The van der Waals surface area contributed by atoms with Gasteiger partial charge < -0.3 is 0 Å². The summed E-state index contributed by atoms with van der Waals surface area (Å²) in [5.74, 6) is 2.48. The third kappa shape index (κ3) is 1.25. The maximum absolute atomic E-state index is 2.48. The average molecular weight is 191 g/mol. The number of hydrogen-bond acceptors (Lipinski definition) is 0. The van der Waals surface area contributed by atoms with E-state index in [4.69, 9.17) is 0 Å². The minimum Gasteiger partial charge on any atom is -0.0772 e. The predicted molar refractivity (Wildman–Crippen MR) is 63.1 cm³/mol. The van der Waals surface area contributed by atoms with Gasteiger partial charge >= 0.3 is 0 Å². The van der Waals surface area contributed by atoms with E-state index in [0.29, 0.717) is 0 Å². The van der Waals surface area contributed by atoms with Gasteiger partial charge in [0.2, 0.25) is 0 Å². The molecule has 1 aliphatic heterocycles. The highest BCUT2D eigenvalue weighted by atomic mass is 31.2. The molecule has 1 aromatic carbocycles. The van der Waals surface area contributed by atoms with E-state index in [1.807, 2.05) is 0 Å². The lowest BCUT2D eigenvalue weighted by molar-refractivity contribution is 1.40. The first kappa shape index (κ1) is 8.97. The van der Waals surface area contributed by atoms with Crippen molar-refractivity contribution in [1.29, 1.82) is 0 Å². The summed E-state index contributed by atoms with van der Waals surface area (Å²) < 4.78 is 0. The van der Waals surface area contributed by atoms with Crippen LogP contribution in [0.25, 0.3) is 6.08 Å². The van der Waals surface area contributed by atoms with Crippen molar-refractivity contribution in [3.63, 3.8) is 0 Å². The van der Waals surface area contributed by atoms with Gasteiger partial charge in [0.1, 0.15) is 0 Å². The van der Waals surface area contributed by atoms with Crippen LogP contribution in [0.3, 0.4) is 0 Å². The van der Waals surface area contributed by atoms with Crippen LogP contribution in [0.15, 0.2) is 30.1 Å². The molecular weight excluding hydrogens is 175 g/mol. The highest BCUT2D eigenvalue weighted by Gasteiger charge is 2.28. The smallest absolute Gasteiger partial charge is 0.0173 e. The fourth-order valence-corrected chi connectivity index (χ4v) is 5.32. The summed E-state index contributed by atoms with van der Waals surface area (Å²) in [6.45, 7) is 4.65. The summed E-state index contributed by atoms with van der Waals surface area (Å²) in [7, 11) is -0.879. The molecule has 0 saturated carbocycles. The second-order valence-corrected chi connectivity index (χ2v) is 7.65. The normalized spacial score (nSPS) is 17.4. The maximum Gasteiger partial charge on any atom is -0.0173 e. The Morgan fingerprint density at radius 1 is 1.08 bits per heavy atom. The zero-order valence-electron chi connectivity index (χ0n) is 8.33. The number of benzene rings is 1. The van der Waals surface area contributed by atoms with Gasteiger partial charge in [-0.3, -0.25) is 0 Å². The molecule has 0 aliphatic carbocycles. The van der Waals surface area contributed by atoms with Crippen LogP contribution in [0, 0.1) is 0 Å². The van der Waals surface area contributed by atoms with Crippen molar-refractivity contribution in [2.75, 3.05) is 12.3 Å². The standard InChI is InChI=1S/C12H16P/c1-3-13(4-2)10-9-11-7-5-6-8-12(11)13/h5-10H,3-4H2,1-2H3. The molecular formula is C12H16P. The largest absolute Gasteiger partial charge is 0.0772 e. The Bertz CT molecular complexity index is 335. The van der Waals surface area contributed by atoms with Crippen LogP contribution in [-0.4, -0.2) is 12.3 Å². The average Bonchev–Trinajstić information content (AvgIpc) is 2.58. The molecule has 1 aliphatic rings. The van der Waals surface area contributed by atoms with Gasteiger partial charge in [0.15, 0.2) is 0 Å².